The van der Waals surface area contributed by atoms with Gasteiger partial charge < -0.3 is 15.5 Å². The zero-order chi connectivity index (χ0) is 13.9. The molecule has 0 bridgehead atoms. The molecular formula is C15H24N2O2. The normalized spacial score (nSPS) is 19.3. The minimum atomic E-state index is -0.214. The van der Waals surface area contributed by atoms with Gasteiger partial charge in [0.2, 0.25) is 0 Å². The van der Waals surface area contributed by atoms with Crippen LogP contribution in [-0.4, -0.2) is 47.9 Å². The molecule has 4 heteroatoms. The van der Waals surface area contributed by atoms with E-state index >= 15 is 0 Å². The minimum Gasteiger partial charge on any atom is -0.508 e. The van der Waals surface area contributed by atoms with Crippen molar-refractivity contribution in [2.24, 2.45) is 5.41 Å². The molecule has 1 aliphatic rings. The van der Waals surface area contributed by atoms with E-state index < -0.39 is 0 Å². The fraction of sp³-hybridized carbons (Fsp3) is 0.600. The Morgan fingerprint density at radius 3 is 2.32 bits per heavy atom. The van der Waals surface area contributed by atoms with Gasteiger partial charge >= 0.3 is 0 Å². The fourth-order valence-electron chi connectivity index (χ4n) is 2.84. The number of aliphatic hydroxyl groups excluding tert-OH is 1. The molecule has 0 unspecified atom stereocenters. The summed E-state index contributed by atoms with van der Waals surface area (Å²) in [4.78, 5) is 2.42. The summed E-state index contributed by atoms with van der Waals surface area (Å²) in [6.45, 7) is 8.25. The molecule has 4 nitrogen and oxygen atoms in total. The number of nitrogens with one attached hydrogen (secondary N) is 1. The van der Waals surface area contributed by atoms with Crippen molar-refractivity contribution in [2.45, 2.75) is 19.9 Å². The van der Waals surface area contributed by atoms with Crippen molar-refractivity contribution >= 4 is 0 Å². The lowest BCUT2D eigenvalue weighted by Gasteiger charge is -2.43. The van der Waals surface area contributed by atoms with Crippen LogP contribution < -0.4 is 5.32 Å². The Kier molecular flexibility index (Phi) is 4.45. The highest BCUT2D eigenvalue weighted by Crippen LogP contribution is 2.38. The molecule has 0 saturated carbocycles. The smallest absolute Gasteiger partial charge is 0.115 e. The molecule has 0 aliphatic carbocycles. The minimum absolute atomic E-state index is 0.141. The van der Waals surface area contributed by atoms with E-state index in [1.807, 2.05) is 12.1 Å². The van der Waals surface area contributed by atoms with Gasteiger partial charge in [0.1, 0.15) is 5.75 Å². The molecule has 1 aliphatic heterocycles. The first-order valence-corrected chi connectivity index (χ1v) is 6.89. The summed E-state index contributed by atoms with van der Waals surface area (Å²) >= 11 is 0. The van der Waals surface area contributed by atoms with E-state index in [2.05, 4.69) is 24.1 Å². The van der Waals surface area contributed by atoms with Crippen LogP contribution >= 0.6 is 0 Å². The molecule has 106 valence electrons. The van der Waals surface area contributed by atoms with Crippen LogP contribution in [0.4, 0.5) is 0 Å². The third-order valence-corrected chi connectivity index (χ3v) is 3.87. The topological polar surface area (TPSA) is 55.7 Å². The van der Waals surface area contributed by atoms with Crippen LogP contribution in [0.3, 0.4) is 0 Å². The number of piperazine rings is 1. The molecule has 1 saturated heterocycles. The molecule has 2 rings (SSSR count). The lowest BCUT2D eigenvalue weighted by molar-refractivity contribution is 0.0305. The average molecular weight is 264 g/mol. The Labute approximate surface area is 115 Å². The zero-order valence-electron chi connectivity index (χ0n) is 11.8. The van der Waals surface area contributed by atoms with Crippen molar-refractivity contribution in [3.8, 4) is 5.75 Å². The van der Waals surface area contributed by atoms with Gasteiger partial charge in [0.25, 0.3) is 0 Å². The molecule has 3 N–H and O–H groups in total. The molecular weight excluding hydrogens is 240 g/mol. The van der Waals surface area contributed by atoms with E-state index in [-0.39, 0.29) is 23.8 Å². The van der Waals surface area contributed by atoms with Gasteiger partial charge in [-0.15, -0.1) is 0 Å². The number of aliphatic hydroxyl groups is 1. The Morgan fingerprint density at radius 1 is 1.21 bits per heavy atom. The van der Waals surface area contributed by atoms with Crippen LogP contribution in [0, 0.1) is 5.41 Å². The van der Waals surface area contributed by atoms with Gasteiger partial charge in [-0.05, 0) is 17.7 Å². The molecule has 1 aromatic carbocycles. The first-order valence-electron chi connectivity index (χ1n) is 6.89. The van der Waals surface area contributed by atoms with Crippen LogP contribution in [0.2, 0.25) is 0 Å². The van der Waals surface area contributed by atoms with E-state index in [4.69, 9.17) is 0 Å². The van der Waals surface area contributed by atoms with Crippen LogP contribution in [-0.2, 0) is 0 Å². The predicted molar refractivity (Wildman–Crippen MR) is 76.2 cm³/mol. The van der Waals surface area contributed by atoms with Crippen molar-refractivity contribution in [1.82, 2.24) is 10.2 Å². The lowest BCUT2D eigenvalue weighted by Crippen LogP contribution is -2.49. The monoisotopic (exact) mass is 264 g/mol. The second-order valence-corrected chi connectivity index (χ2v) is 5.93. The standard InChI is InChI=1S/C15H24N2O2/c1-15(2,11-18)14(17-9-7-16-8-10-17)12-3-5-13(19)6-4-12/h3-6,14,16,18-19H,7-11H2,1-2H3/t14-/m1/s1. The van der Waals surface area contributed by atoms with Crippen molar-refractivity contribution in [2.75, 3.05) is 32.8 Å². The van der Waals surface area contributed by atoms with Gasteiger partial charge in [-0.2, -0.15) is 0 Å². The number of aromatic hydroxyl groups is 1. The van der Waals surface area contributed by atoms with Crippen molar-refractivity contribution in [3.63, 3.8) is 0 Å². The Bertz CT molecular complexity index is 397. The number of hydrogen-bond acceptors (Lipinski definition) is 4. The van der Waals surface area contributed by atoms with Crippen LogP contribution in [0.15, 0.2) is 24.3 Å². The summed E-state index contributed by atoms with van der Waals surface area (Å²) in [5, 5.41) is 22.5. The molecule has 0 amide bonds. The Hall–Kier alpha value is -1.10. The summed E-state index contributed by atoms with van der Waals surface area (Å²) < 4.78 is 0. The molecule has 0 radical (unpaired) electrons. The summed E-state index contributed by atoms with van der Waals surface area (Å²) in [5.74, 6) is 0.282. The molecule has 1 fully saturated rings. The van der Waals surface area contributed by atoms with Gasteiger partial charge in [0.05, 0.1) is 0 Å². The first kappa shape index (κ1) is 14.3. The third-order valence-electron chi connectivity index (χ3n) is 3.87. The lowest BCUT2D eigenvalue weighted by atomic mass is 9.79. The van der Waals surface area contributed by atoms with Gasteiger partial charge in [0, 0.05) is 44.2 Å². The second-order valence-electron chi connectivity index (χ2n) is 5.93. The summed E-state index contributed by atoms with van der Waals surface area (Å²) in [6.07, 6.45) is 0. The number of hydrogen-bond donors (Lipinski definition) is 3. The van der Waals surface area contributed by atoms with Crippen molar-refractivity contribution < 1.29 is 10.2 Å². The molecule has 1 aromatic rings. The van der Waals surface area contributed by atoms with E-state index in [1.54, 1.807) is 12.1 Å². The SMILES string of the molecule is CC(C)(CO)[C@@H](c1ccc(O)cc1)N1CCNCC1. The van der Waals surface area contributed by atoms with E-state index in [1.165, 1.54) is 0 Å². The highest BCUT2D eigenvalue weighted by Gasteiger charge is 2.35. The van der Waals surface area contributed by atoms with Gasteiger partial charge in [-0.3, -0.25) is 4.90 Å². The number of phenolic OH excluding ortho intramolecular Hbond substituents is 1. The molecule has 1 heterocycles. The van der Waals surface area contributed by atoms with Crippen molar-refractivity contribution in [1.29, 1.82) is 0 Å². The number of nitrogens with zero attached hydrogens (tertiary/aromatic N) is 1. The molecule has 1 atom stereocenters. The molecule has 0 spiro atoms. The van der Waals surface area contributed by atoms with Crippen LogP contribution in [0.25, 0.3) is 0 Å². The van der Waals surface area contributed by atoms with Gasteiger partial charge in [0.15, 0.2) is 0 Å². The van der Waals surface area contributed by atoms with Gasteiger partial charge in [-0.25, -0.2) is 0 Å². The highest BCUT2D eigenvalue weighted by atomic mass is 16.3. The quantitative estimate of drug-likeness (QED) is 0.768. The Morgan fingerprint density at radius 2 is 1.79 bits per heavy atom. The summed E-state index contributed by atoms with van der Waals surface area (Å²) in [7, 11) is 0. The predicted octanol–water partition coefficient (Wildman–Crippen LogP) is 1.36. The molecule has 0 aromatic heterocycles. The van der Waals surface area contributed by atoms with E-state index in [0.29, 0.717) is 0 Å². The van der Waals surface area contributed by atoms with Gasteiger partial charge in [-0.1, -0.05) is 26.0 Å². The number of phenols is 1. The molecule has 19 heavy (non-hydrogen) atoms. The maximum Gasteiger partial charge on any atom is 0.115 e. The van der Waals surface area contributed by atoms with E-state index in [9.17, 15) is 10.2 Å². The fourth-order valence-corrected chi connectivity index (χ4v) is 2.84. The third kappa shape index (κ3) is 3.26. The highest BCUT2D eigenvalue weighted by molar-refractivity contribution is 5.29. The summed E-state index contributed by atoms with van der Waals surface area (Å²) in [5.41, 5.74) is 0.938. The first-order chi connectivity index (χ1) is 9.04. The number of rotatable bonds is 4. The maximum absolute atomic E-state index is 9.72. The van der Waals surface area contributed by atoms with Crippen LogP contribution in [0.1, 0.15) is 25.5 Å². The van der Waals surface area contributed by atoms with E-state index in [0.717, 1.165) is 31.7 Å². The largest absolute Gasteiger partial charge is 0.508 e. The van der Waals surface area contributed by atoms with Crippen molar-refractivity contribution in [3.05, 3.63) is 29.8 Å². The van der Waals surface area contributed by atoms with Crippen LogP contribution in [0.5, 0.6) is 5.75 Å². The number of benzene rings is 1. The Balaban J connectivity index is 2.30. The average Bonchev–Trinajstić information content (AvgIpc) is 2.42. The maximum atomic E-state index is 9.72. The zero-order valence-corrected chi connectivity index (χ0v) is 11.8. The second kappa shape index (κ2) is 5.90. The summed E-state index contributed by atoms with van der Waals surface area (Å²) in [6, 6.07) is 7.52.